The topological polar surface area (TPSA) is 67.2 Å². The van der Waals surface area contributed by atoms with E-state index in [0.29, 0.717) is 26.5 Å². The van der Waals surface area contributed by atoms with Crippen LogP contribution in [0, 0.1) is 13.8 Å². The van der Waals surface area contributed by atoms with Crippen LogP contribution in [0.4, 0.5) is 5.13 Å². The Morgan fingerprint density at radius 1 is 1.13 bits per heavy atom. The lowest BCUT2D eigenvalue weighted by molar-refractivity contribution is 0.0951. The number of nitrogens with one attached hydrogen (secondary N) is 2. The molecule has 0 aliphatic rings. The Kier molecular flexibility index (Phi) is 5.79. The third kappa shape index (κ3) is 4.34. The molecule has 5 nitrogen and oxygen atoms in total. The van der Waals surface area contributed by atoms with Gasteiger partial charge in [-0.05, 0) is 73.6 Å². The van der Waals surface area contributed by atoms with Crippen molar-refractivity contribution in [1.82, 2.24) is 10.3 Å². The number of aromatic nitrogens is 1. The number of benzene rings is 2. The van der Waals surface area contributed by atoms with E-state index in [-0.39, 0.29) is 10.9 Å². The second-order valence-corrected chi connectivity index (χ2v) is 8.93. The number of amides is 1. The zero-order chi connectivity index (χ0) is 21.4. The Balaban J connectivity index is 1.46. The molecular weight excluding hydrogens is 461 g/mol. The average molecular weight is 476 g/mol. The van der Waals surface area contributed by atoms with E-state index in [1.54, 1.807) is 30.3 Å². The maximum Gasteiger partial charge on any atom is 0.293 e. The first kappa shape index (κ1) is 20.8. The first-order valence-corrected chi connectivity index (χ1v) is 10.8. The number of hydrogen-bond acceptors (Lipinski definition) is 5. The highest BCUT2D eigenvalue weighted by Crippen LogP contribution is 2.32. The summed E-state index contributed by atoms with van der Waals surface area (Å²) in [5.41, 5.74) is 3.81. The highest BCUT2D eigenvalue weighted by molar-refractivity contribution is 7.80. The van der Waals surface area contributed by atoms with Gasteiger partial charge in [0.1, 0.15) is 5.76 Å². The fourth-order valence-corrected chi connectivity index (χ4v) is 4.81. The molecule has 2 heterocycles. The number of nitrogens with zero attached hydrogens (tertiary/aromatic N) is 1. The number of halogens is 2. The molecule has 9 heteroatoms. The molecule has 2 aromatic heterocycles. The van der Waals surface area contributed by atoms with Crippen molar-refractivity contribution in [3.8, 4) is 11.3 Å². The maximum atomic E-state index is 12.5. The molecule has 152 valence electrons. The summed E-state index contributed by atoms with van der Waals surface area (Å²) in [6.07, 6.45) is 0. The van der Waals surface area contributed by atoms with E-state index in [2.05, 4.69) is 27.8 Å². The molecule has 0 bridgehead atoms. The fraction of sp³-hybridized carbons (Fsp3) is 0.0952. The number of furan rings is 1. The molecule has 0 aliphatic carbocycles. The molecule has 2 N–H and O–H groups in total. The fourth-order valence-electron chi connectivity index (χ4n) is 3.01. The van der Waals surface area contributed by atoms with E-state index >= 15 is 0 Å². The van der Waals surface area contributed by atoms with Gasteiger partial charge < -0.3 is 9.73 Å². The number of anilines is 1. The Morgan fingerprint density at radius 3 is 2.70 bits per heavy atom. The van der Waals surface area contributed by atoms with Gasteiger partial charge in [-0.1, -0.05) is 40.6 Å². The molecule has 0 saturated heterocycles. The van der Waals surface area contributed by atoms with E-state index in [9.17, 15) is 4.79 Å². The van der Waals surface area contributed by atoms with Gasteiger partial charge in [-0.25, -0.2) is 4.98 Å². The molecule has 0 atom stereocenters. The smallest absolute Gasteiger partial charge is 0.293 e. The van der Waals surface area contributed by atoms with E-state index in [1.165, 1.54) is 16.9 Å². The molecule has 0 radical (unpaired) electrons. The molecule has 0 fully saturated rings. The van der Waals surface area contributed by atoms with Gasteiger partial charge in [0.2, 0.25) is 0 Å². The lowest BCUT2D eigenvalue weighted by Gasteiger charge is -2.05. The number of carbonyl (C=O) groups excluding carboxylic acids is 1. The van der Waals surface area contributed by atoms with Crippen LogP contribution in [0.5, 0.6) is 0 Å². The zero-order valence-electron chi connectivity index (χ0n) is 15.9. The van der Waals surface area contributed by atoms with Gasteiger partial charge in [0.25, 0.3) is 5.91 Å². The highest BCUT2D eigenvalue weighted by Gasteiger charge is 2.16. The minimum atomic E-state index is -0.475. The van der Waals surface area contributed by atoms with E-state index in [0.717, 1.165) is 15.8 Å². The minimum Gasteiger partial charge on any atom is -0.451 e. The van der Waals surface area contributed by atoms with Crippen molar-refractivity contribution >= 4 is 73.1 Å². The van der Waals surface area contributed by atoms with Crippen LogP contribution in [0.3, 0.4) is 0 Å². The van der Waals surface area contributed by atoms with Gasteiger partial charge in [0.15, 0.2) is 16.0 Å². The van der Waals surface area contributed by atoms with Crippen LogP contribution < -0.4 is 10.6 Å². The Bertz CT molecular complexity index is 1300. The Labute approximate surface area is 192 Å². The molecule has 0 unspecified atom stereocenters. The number of thiazole rings is 1. The first-order valence-electron chi connectivity index (χ1n) is 8.85. The van der Waals surface area contributed by atoms with Crippen molar-refractivity contribution in [2.75, 3.05) is 5.32 Å². The maximum absolute atomic E-state index is 12.5. The third-order valence-corrected chi connectivity index (χ3v) is 5.97. The lowest BCUT2D eigenvalue weighted by atomic mass is 10.1. The molecule has 4 aromatic rings. The van der Waals surface area contributed by atoms with Gasteiger partial charge in [0.05, 0.1) is 15.2 Å². The number of hydrogen-bond donors (Lipinski definition) is 2. The van der Waals surface area contributed by atoms with Crippen LogP contribution in [0.1, 0.15) is 21.7 Å². The summed E-state index contributed by atoms with van der Waals surface area (Å²) in [5.74, 6) is 0.0885. The largest absolute Gasteiger partial charge is 0.451 e. The van der Waals surface area contributed by atoms with E-state index < -0.39 is 5.91 Å². The number of fused-ring (bicyclic) bond motifs is 1. The van der Waals surface area contributed by atoms with Crippen molar-refractivity contribution in [3.05, 3.63) is 69.4 Å². The highest BCUT2D eigenvalue weighted by atomic mass is 35.5. The van der Waals surface area contributed by atoms with Crippen LogP contribution in [0.25, 0.3) is 21.5 Å². The Morgan fingerprint density at radius 2 is 1.93 bits per heavy atom. The molecule has 0 spiro atoms. The predicted octanol–water partition coefficient (Wildman–Crippen LogP) is 6.61. The van der Waals surface area contributed by atoms with E-state index in [1.807, 2.05) is 13.8 Å². The van der Waals surface area contributed by atoms with Crippen LogP contribution in [-0.2, 0) is 0 Å². The van der Waals surface area contributed by atoms with Gasteiger partial charge in [0, 0.05) is 10.6 Å². The first-order chi connectivity index (χ1) is 14.3. The normalized spacial score (nSPS) is 10.9. The molecule has 2 aromatic carbocycles. The van der Waals surface area contributed by atoms with Gasteiger partial charge in [-0.2, -0.15) is 0 Å². The van der Waals surface area contributed by atoms with Crippen molar-refractivity contribution in [1.29, 1.82) is 0 Å². The molecule has 4 rings (SSSR count). The van der Waals surface area contributed by atoms with Crippen LogP contribution in [0.2, 0.25) is 10.0 Å². The van der Waals surface area contributed by atoms with Crippen LogP contribution in [0.15, 0.2) is 46.9 Å². The van der Waals surface area contributed by atoms with Crippen LogP contribution in [-0.4, -0.2) is 16.0 Å². The average Bonchev–Trinajstić information content (AvgIpc) is 3.28. The molecular formula is C21H15Cl2N3O2S2. The molecule has 1 amide bonds. The second-order valence-electron chi connectivity index (χ2n) is 6.64. The van der Waals surface area contributed by atoms with Crippen molar-refractivity contribution in [2.24, 2.45) is 0 Å². The third-order valence-electron chi connectivity index (χ3n) is 4.30. The quantitative estimate of drug-likeness (QED) is 0.326. The number of thiocarbonyl (C=S) groups is 1. The summed E-state index contributed by atoms with van der Waals surface area (Å²) in [5, 5.41) is 7.26. The van der Waals surface area contributed by atoms with Gasteiger partial charge >= 0.3 is 0 Å². The van der Waals surface area contributed by atoms with Gasteiger partial charge in [-0.3, -0.25) is 10.1 Å². The molecule has 30 heavy (non-hydrogen) atoms. The van der Waals surface area contributed by atoms with Crippen molar-refractivity contribution in [3.63, 3.8) is 0 Å². The minimum absolute atomic E-state index is 0.107. The Hall–Kier alpha value is -2.45. The van der Waals surface area contributed by atoms with Crippen molar-refractivity contribution in [2.45, 2.75) is 13.8 Å². The summed E-state index contributed by atoms with van der Waals surface area (Å²) >= 11 is 18.8. The predicted molar refractivity (Wildman–Crippen MR) is 127 cm³/mol. The lowest BCUT2D eigenvalue weighted by Crippen LogP contribution is -2.33. The summed E-state index contributed by atoms with van der Waals surface area (Å²) in [6, 6.07) is 12.4. The monoisotopic (exact) mass is 475 g/mol. The van der Waals surface area contributed by atoms with Gasteiger partial charge in [-0.15, -0.1) is 0 Å². The number of aryl methyl sites for hydroxylation is 2. The summed E-state index contributed by atoms with van der Waals surface area (Å²) in [6.45, 7) is 4.05. The standard InChI is InChI=1S/C21H15Cl2N3O2S2/c1-10-7-11(2)18-17(8-10)30-21(24-18)26-20(29)25-19(27)16-6-5-15(28-16)13-4-3-12(22)9-14(13)23/h3-9H,1-2H3,(H2,24,25,26,27,29). The van der Waals surface area contributed by atoms with Crippen molar-refractivity contribution < 1.29 is 9.21 Å². The van der Waals surface area contributed by atoms with E-state index in [4.69, 9.17) is 39.8 Å². The SMILES string of the molecule is Cc1cc(C)c2nc(NC(=S)NC(=O)c3ccc(-c4ccc(Cl)cc4Cl)o3)sc2c1. The summed E-state index contributed by atoms with van der Waals surface area (Å²) in [7, 11) is 0. The molecule has 0 aliphatic heterocycles. The summed E-state index contributed by atoms with van der Waals surface area (Å²) < 4.78 is 6.70. The number of carbonyl (C=O) groups is 1. The molecule has 0 saturated carbocycles. The van der Waals surface area contributed by atoms with Crippen LogP contribution >= 0.6 is 46.8 Å². The summed E-state index contributed by atoms with van der Waals surface area (Å²) in [4.78, 5) is 17.1. The number of rotatable bonds is 3. The zero-order valence-corrected chi connectivity index (χ0v) is 19.0. The second kappa shape index (κ2) is 8.35.